The van der Waals surface area contributed by atoms with Crippen LogP contribution in [0.2, 0.25) is 0 Å². The monoisotopic (exact) mass is 172 g/mol. The third-order valence-electron chi connectivity index (χ3n) is 1.61. The molecule has 0 N–H and O–H groups in total. The predicted molar refractivity (Wildman–Crippen MR) is 54.7 cm³/mol. The summed E-state index contributed by atoms with van der Waals surface area (Å²) in [5, 5.41) is 1.35. The largest absolute Gasteiger partial charge is 0.234 e. The van der Waals surface area contributed by atoms with Gasteiger partial charge < -0.3 is 0 Å². The van der Waals surface area contributed by atoms with Crippen LogP contribution >= 0.6 is 11.8 Å². The first-order valence-electron chi connectivity index (χ1n) is 3.88. The van der Waals surface area contributed by atoms with Crippen molar-refractivity contribution in [3.63, 3.8) is 0 Å². The van der Waals surface area contributed by atoms with E-state index in [-0.39, 0.29) is 0 Å². The molecule has 0 fully saturated rings. The second-order valence-corrected chi connectivity index (χ2v) is 3.97. The van der Waals surface area contributed by atoms with Gasteiger partial charge in [-0.15, -0.1) is 0 Å². The van der Waals surface area contributed by atoms with Crippen molar-refractivity contribution in [3.05, 3.63) is 12.2 Å². The van der Waals surface area contributed by atoms with Crippen LogP contribution in [0, 0.1) is 0 Å². The zero-order valence-electron chi connectivity index (χ0n) is 7.98. The zero-order chi connectivity index (χ0) is 8.85. The summed E-state index contributed by atoms with van der Waals surface area (Å²) in [7, 11) is 4.13. The summed E-state index contributed by atoms with van der Waals surface area (Å²) in [4.78, 5) is 0. The molecule has 0 atom stereocenters. The Hall–Kier alpha value is -0.240. The lowest BCUT2D eigenvalue weighted by atomic mass is 10.3. The molecule has 0 heterocycles. The van der Waals surface area contributed by atoms with Crippen LogP contribution in [-0.2, 0) is 0 Å². The summed E-state index contributed by atoms with van der Waals surface area (Å²) < 4.78 is 2.13. The van der Waals surface area contributed by atoms with Crippen LogP contribution in [0.3, 0.4) is 0 Å². The summed E-state index contributed by atoms with van der Waals surface area (Å²) >= 11 is 1.86. The molecule has 0 saturated heterocycles. The standard InChI is InChI=1S/C9H18NS/c1-6-8(2)7-11-9(3)10(4)5/h2,6-7H2,1,3-5H3/q+1. The Morgan fingerprint density at radius 2 is 2.00 bits per heavy atom. The summed E-state index contributed by atoms with van der Waals surface area (Å²) in [6.07, 6.45) is 1.09. The maximum Gasteiger partial charge on any atom is 0.207 e. The zero-order valence-corrected chi connectivity index (χ0v) is 8.79. The molecule has 0 saturated carbocycles. The average Bonchev–Trinajstić information content (AvgIpc) is 1.99. The molecule has 64 valence electrons. The van der Waals surface area contributed by atoms with Gasteiger partial charge in [-0.1, -0.05) is 30.8 Å². The van der Waals surface area contributed by atoms with Crippen LogP contribution in [0.25, 0.3) is 0 Å². The van der Waals surface area contributed by atoms with Gasteiger partial charge in [-0.25, -0.2) is 4.58 Å². The third-order valence-corrected chi connectivity index (χ3v) is 2.95. The van der Waals surface area contributed by atoms with E-state index in [4.69, 9.17) is 0 Å². The van der Waals surface area contributed by atoms with Gasteiger partial charge in [0.05, 0.1) is 0 Å². The van der Waals surface area contributed by atoms with Gasteiger partial charge in [0.15, 0.2) is 0 Å². The molecule has 0 aromatic carbocycles. The minimum atomic E-state index is 1.06. The van der Waals surface area contributed by atoms with E-state index < -0.39 is 0 Å². The van der Waals surface area contributed by atoms with Gasteiger partial charge in [0.2, 0.25) is 5.04 Å². The van der Waals surface area contributed by atoms with Crippen molar-refractivity contribution in [2.45, 2.75) is 20.3 Å². The third kappa shape index (κ3) is 5.08. The molecule has 0 aliphatic heterocycles. The molecule has 1 nitrogen and oxygen atoms in total. The molecular weight excluding hydrogens is 154 g/mol. The Balaban J connectivity index is 3.72. The maximum atomic E-state index is 3.95. The van der Waals surface area contributed by atoms with Crippen LogP contribution in [0.4, 0.5) is 0 Å². The smallest absolute Gasteiger partial charge is 0.207 e. The van der Waals surface area contributed by atoms with Gasteiger partial charge in [0.25, 0.3) is 0 Å². The first-order chi connectivity index (χ1) is 5.07. The predicted octanol–water partition coefficient (Wildman–Crippen LogP) is 2.38. The van der Waals surface area contributed by atoms with Gasteiger partial charge in [0, 0.05) is 12.7 Å². The highest BCUT2D eigenvalue weighted by Gasteiger charge is 2.00. The van der Waals surface area contributed by atoms with E-state index in [1.54, 1.807) is 0 Å². The van der Waals surface area contributed by atoms with Gasteiger partial charge in [-0.2, -0.15) is 0 Å². The van der Waals surface area contributed by atoms with Crippen LogP contribution in [0.1, 0.15) is 20.3 Å². The van der Waals surface area contributed by atoms with Crippen molar-refractivity contribution in [2.24, 2.45) is 0 Å². The van der Waals surface area contributed by atoms with E-state index in [2.05, 4.69) is 39.1 Å². The van der Waals surface area contributed by atoms with Crippen molar-refractivity contribution in [3.8, 4) is 0 Å². The highest BCUT2D eigenvalue weighted by atomic mass is 32.2. The average molecular weight is 172 g/mol. The van der Waals surface area contributed by atoms with Crippen molar-refractivity contribution < 1.29 is 4.58 Å². The number of hydrogen-bond acceptors (Lipinski definition) is 1. The van der Waals surface area contributed by atoms with E-state index in [0.29, 0.717) is 0 Å². The highest BCUT2D eigenvalue weighted by Crippen LogP contribution is 2.09. The number of nitrogens with zero attached hydrogens (tertiary/aromatic N) is 1. The molecule has 0 radical (unpaired) electrons. The van der Waals surface area contributed by atoms with Crippen molar-refractivity contribution >= 4 is 16.8 Å². The van der Waals surface area contributed by atoms with Gasteiger partial charge >= 0.3 is 0 Å². The Morgan fingerprint density at radius 3 is 2.36 bits per heavy atom. The van der Waals surface area contributed by atoms with Crippen LogP contribution in [0.5, 0.6) is 0 Å². The van der Waals surface area contributed by atoms with E-state index in [1.807, 2.05) is 11.8 Å². The molecule has 0 aliphatic rings. The Kier molecular flexibility index (Phi) is 5.30. The number of thioether (sulfide) groups is 1. The molecule has 0 aromatic heterocycles. The second kappa shape index (κ2) is 5.42. The van der Waals surface area contributed by atoms with Crippen LogP contribution < -0.4 is 0 Å². The van der Waals surface area contributed by atoms with E-state index >= 15 is 0 Å². The molecule has 0 aromatic rings. The second-order valence-electron chi connectivity index (χ2n) is 2.81. The SMILES string of the molecule is C=C(CC)CSC(C)=[N+](C)C. The summed E-state index contributed by atoms with van der Waals surface area (Å²) in [6.45, 7) is 8.23. The molecule has 0 rings (SSSR count). The first-order valence-corrected chi connectivity index (χ1v) is 4.86. The Morgan fingerprint density at radius 1 is 1.45 bits per heavy atom. The molecule has 0 unspecified atom stereocenters. The number of rotatable bonds is 3. The molecular formula is C9H18NS+. The normalized spacial score (nSPS) is 9.45. The molecule has 2 heteroatoms. The van der Waals surface area contributed by atoms with Crippen LogP contribution in [-0.4, -0.2) is 29.5 Å². The fraction of sp³-hybridized carbons (Fsp3) is 0.667. The minimum Gasteiger partial charge on any atom is -0.234 e. The molecule has 0 amide bonds. The highest BCUT2D eigenvalue weighted by molar-refractivity contribution is 8.13. The molecule has 0 spiro atoms. The minimum absolute atomic E-state index is 1.06. The fourth-order valence-electron chi connectivity index (χ4n) is 0.438. The van der Waals surface area contributed by atoms with Crippen molar-refractivity contribution in [1.82, 2.24) is 0 Å². The molecule has 11 heavy (non-hydrogen) atoms. The molecule has 0 bridgehead atoms. The lowest BCUT2D eigenvalue weighted by molar-refractivity contribution is -0.461. The van der Waals surface area contributed by atoms with Crippen molar-refractivity contribution in [1.29, 1.82) is 0 Å². The molecule has 0 aliphatic carbocycles. The topological polar surface area (TPSA) is 3.01 Å². The maximum absolute atomic E-state index is 3.95. The Bertz CT molecular complexity index is 166. The first kappa shape index (κ1) is 10.8. The summed E-state index contributed by atoms with van der Waals surface area (Å²) in [5.74, 6) is 1.06. The summed E-state index contributed by atoms with van der Waals surface area (Å²) in [6, 6.07) is 0. The number of hydrogen-bond donors (Lipinski definition) is 0. The Labute approximate surface area is 74.2 Å². The van der Waals surface area contributed by atoms with E-state index in [0.717, 1.165) is 12.2 Å². The quantitative estimate of drug-likeness (QED) is 0.273. The lowest BCUT2D eigenvalue weighted by Crippen LogP contribution is -2.06. The van der Waals surface area contributed by atoms with Gasteiger partial charge in [-0.05, 0) is 6.42 Å². The lowest BCUT2D eigenvalue weighted by Gasteiger charge is -1.99. The van der Waals surface area contributed by atoms with Crippen LogP contribution in [0.15, 0.2) is 12.2 Å². The van der Waals surface area contributed by atoms with E-state index in [9.17, 15) is 0 Å². The van der Waals surface area contributed by atoms with Gasteiger partial charge in [-0.3, -0.25) is 0 Å². The van der Waals surface area contributed by atoms with E-state index in [1.165, 1.54) is 10.6 Å². The van der Waals surface area contributed by atoms with Gasteiger partial charge in [0.1, 0.15) is 14.1 Å². The fourth-order valence-corrected chi connectivity index (χ4v) is 1.31. The van der Waals surface area contributed by atoms with Crippen molar-refractivity contribution in [2.75, 3.05) is 19.8 Å². The summed E-state index contributed by atoms with van der Waals surface area (Å²) in [5.41, 5.74) is 1.32.